The van der Waals surface area contributed by atoms with E-state index in [9.17, 15) is 0 Å². The van der Waals surface area contributed by atoms with E-state index < -0.39 is 0 Å². The van der Waals surface area contributed by atoms with Gasteiger partial charge in [0.05, 0.1) is 0 Å². The fourth-order valence-corrected chi connectivity index (χ4v) is 2.97. The second-order valence-corrected chi connectivity index (χ2v) is 6.01. The lowest BCUT2D eigenvalue weighted by Crippen LogP contribution is -2.43. The minimum atomic E-state index is 0. The van der Waals surface area contributed by atoms with Crippen molar-refractivity contribution in [3.63, 3.8) is 0 Å². The van der Waals surface area contributed by atoms with Crippen LogP contribution in [0.15, 0.2) is 0 Å². The average molecular weight is 232 g/mol. The number of halogens is 1. The van der Waals surface area contributed by atoms with E-state index in [0.29, 0.717) is 5.41 Å². The van der Waals surface area contributed by atoms with Crippen LogP contribution in [0.1, 0.15) is 58.8 Å². The molecule has 2 heteroatoms. The molecule has 2 saturated carbocycles. The SMILES string of the molecule is CC1CCCC(NCC2(C)CCC2)C1.Cl. The molecule has 90 valence electrons. The maximum Gasteiger partial charge on any atom is 0.00698 e. The van der Waals surface area contributed by atoms with Crippen LogP contribution < -0.4 is 5.32 Å². The first-order chi connectivity index (χ1) is 6.68. The molecule has 0 aliphatic heterocycles. The predicted molar refractivity (Wildman–Crippen MR) is 68.6 cm³/mol. The summed E-state index contributed by atoms with van der Waals surface area (Å²) in [7, 11) is 0. The van der Waals surface area contributed by atoms with Crippen LogP contribution >= 0.6 is 12.4 Å². The molecule has 2 fully saturated rings. The van der Waals surface area contributed by atoms with Crippen molar-refractivity contribution in [2.24, 2.45) is 11.3 Å². The molecule has 0 radical (unpaired) electrons. The quantitative estimate of drug-likeness (QED) is 0.780. The molecule has 2 aliphatic carbocycles. The van der Waals surface area contributed by atoms with Gasteiger partial charge < -0.3 is 5.32 Å². The third-order valence-electron chi connectivity index (χ3n) is 4.31. The Kier molecular flexibility index (Phi) is 4.92. The highest BCUT2D eigenvalue weighted by Gasteiger charge is 2.32. The summed E-state index contributed by atoms with van der Waals surface area (Å²) < 4.78 is 0. The Bertz CT molecular complexity index is 189. The lowest BCUT2D eigenvalue weighted by molar-refractivity contribution is 0.142. The average Bonchev–Trinajstić information content (AvgIpc) is 2.12. The van der Waals surface area contributed by atoms with Crippen LogP contribution in [-0.2, 0) is 0 Å². The molecule has 2 rings (SSSR count). The summed E-state index contributed by atoms with van der Waals surface area (Å²) in [5, 5.41) is 3.79. The van der Waals surface area contributed by atoms with E-state index in [1.165, 1.54) is 51.5 Å². The summed E-state index contributed by atoms with van der Waals surface area (Å²) in [5.74, 6) is 0.954. The summed E-state index contributed by atoms with van der Waals surface area (Å²) in [5.41, 5.74) is 0.653. The normalized spacial score (nSPS) is 34.0. The van der Waals surface area contributed by atoms with Crippen LogP contribution in [0.25, 0.3) is 0 Å². The third-order valence-corrected chi connectivity index (χ3v) is 4.31. The van der Waals surface area contributed by atoms with Crippen LogP contribution in [0.3, 0.4) is 0 Å². The van der Waals surface area contributed by atoms with Crippen molar-refractivity contribution in [2.75, 3.05) is 6.54 Å². The second kappa shape index (κ2) is 5.54. The maximum absolute atomic E-state index is 3.79. The topological polar surface area (TPSA) is 12.0 Å². The maximum atomic E-state index is 3.79. The van der Waals surface area contributed by atoms with E-state index in [1.54, 1.807) is 0 Å². The van der Waals surface area contributed by atoms with Crippen molar-refractivity contribution in [1.82, 2.24) is 5.32 Å². The first-order valence-electron chi connectivity index (χ1n) is 6.41. The zero-order valence-electron chi connectivity index (χ0n) is 10.2. The molecule has 15 heavy (non-hydrogen) atoms. The Hall–Kier alpha value is 0.250. The molecule has 0 bridgehead atoms. The van der Waals surface area contributed by atoms with Crippen molar-refractivity contribution in [1.29, 1.82) is 0 Å². The molecular formula is C13H26ClN. The zero-order valence-corrected chi connectivity index (χ0v) is 11.0. The monoisotopic (exact) mass is 231 g/mol. The van der Waals surface area contributed by atoms with Crippen molar-refractivity contribution >= 4 is 12.4 Å². The van der Waals surface area contributed by atoms with Crippen LogP contribution in [0.2, 0.25) is 0 Å². The highest BCUT2D eigenvalue weighted by Crippen LogP contribution is 2.39. The Labute approximate surface area is 101 Å². The molecule has 1 nitrogen and oxygen atoms in total. The first-order valence-corrected chi connectivity index (χ1v) is 6.41. The molecule has 0 spiro atoms. The zero-order chi connectivity index (χ0) is 10.0. The van der Waals surface area contributed by atoms with Gasteiger partial charge in [0.2, 0.25) is 0 Å². The van der Waals surface area contributed by atoms with Crippen molar-refractivity contribution < 1.29 is 0 Å². The van der Waals surface area contributed by atoms with E-state index in [-0.39, 0.29) is 12.4 Å². The third kappa shape index (κ3) is 3.64. The molecule has 2 unspecified atom stereocenters. The first kappa shape index (κ1) is 13.3. The van der Waals surface area contributed by atoms with Gasteiger partial charge in [0.15, 0.2) is 0 Å². The van der Waals surface area contributed by atoms with Gasteiger partial charge in [0.25, 0.3) is 0 Å². The molecule has 0 heterocycles. The van der Waals surface area contributed by atoms with Crippen LogP contribution in [0.5, 0.6) is 0 Å². The summed E-state index contributed by atoms with van der Waals surface area (Å²) in [6.45, 7) is 6.11. The van der Waals surface area contributed by atoms with Gasteiger partial charge in [0.1, 0.15) is 0 Å². The van der Waals surface area contributed by atoms with Gasteiger partial charge in [-0.15, -0.1) is 12.4 Å². The Balaban J connectivity index is 0.00000112. The smallest absolute Gasteiger partial charge is 0.00698 e. The van der Waals surface area contributed by atoms with Gasteiger partial charge in [-0.25, -0.2) is 0 Å². The lowest BCUT2D eigenvalue weighted by atomic mass is 9.70. The molecule has 1 N–H and O–H groups in total. The lowest BCUT2D eigenvalue weighted by Gasteiger charge is -2.40. The van der Waals surface area contributed by atoms with Crippen molar-refractivity contribution in [3.05, 3.63) is 0 Å². The number of hydrogen-bond donors (Lipinski definition) is 1. The summed E-state index contributed by atoms with van der Waals surface area (Å²) in [6.07, 6.45) is 10.1. The van der Waals surface area contributed by atoms with Crippen LogP contribution in [-0.4, -0.2) is 12.6 Å². The highest BCUT2D eigenvalue weighted by molar-refractivity contribution is 5.85. The predicted octanol–water partition coefficient (Wildman–Crippen LogP) is 3.77. The Morgan fingerprint density at radius 1 is 1.20 bits per heavy atom. The van der Waals surface area contributed by atoms with E-state index in [1.807, 2.05) is 0 Å². The summed E-state index contributed by atoms with van der Waals surface area (Å²) >= 11 is 0. The Morgan fingerprint density at radius 2 is 1.93 bits per heavy atom. The molecule has 0 aromatic carbocycles. The van der Waals surface area contributed by atoms with Gasteiger partial charge >= 0.3 is 0 Å². The van der Waals surface area contributed by atoms with Crippen LogP contribution in [0, 0.1) is 11.3 Å². The standard InChI is InChI=1S/C13H25N.ClH/c1-11-5-3-6-12(9-11)14-10-13(2)7-4-8-13;/h11-12,14H,3-10H2,1-2H3;1H. The molecule has 0 aromatic heterocycles. The minimum Gasteiger partial charge on any atom is -0.313 e. The van der Waals surface area contributed by atoms with Gasteiger partial charge in [-0.05, 0) is 37.0 Å². The Morgan fingerprint density at radius 3 is 2.47 bits per heavy atom. The van der Waals surface area contributed by atoms with Crippen LogP contribution in [0.4, 0.5) is 0 Å². The molecule has 0 saturated heterocycles. The van der Waals surface area contributed by atoms with E-state index in [2.05, 4.69) is 19.2 Å². The number of hydrogen-bond acceptors (Lipinski definition) is 1. The minimum absolute atomic E-state index is 0. The fourth-order valence-electron chi connectivity index (χ4n) is 2.97. The summed E-state index contributed by atoms with van der Waals surface area (Å²) in [4.78, 5) is 0. The van der Waals surface area contributed by atoms with E-state index in [4.69, 9.17) is 0 Å². The van der Waals surface area contributed by atoms with E-state index in [0.717, 1.165) is 12.0 Å². The molecule has 2 atom stereocenters. The van der Waals surface area contributed by atoms with E-state index >= 15 is 0 Å². The van der Waals surface area contributed by atoms with Gasteiger partial charge in [-0.2, -0.15) is 0 Å². The molecule has 0 aromatic rings. The molecule has 2 aliphatic rings. The van der Waals surface area contributed by atoms with Crippen molar-refractivity contribution in [3.8, 4) is 0 Å². The fraction of sp³-hybridized carbons (Fsp3) is 1.00. The highest BCUT2D eigenvalue weighted by atomic mass is 35.5. The molecular weight excluding hydrogens is 206 g/mol. The van der Waals surface area contributed by atoms with Gasteiger partial charge in [0, 0.05) is 12.6 Å². The van der Waals surface area contributed by atoms with Gasteiger partial charge in [-0.1, -0.05) is 33.1 Å². The number of nitrogens with one attached hydrogen (secondary N) is 1. The van der Waals surface area contributed by atoms with Crippen molar-refractivity contribution in [2.45, 2.75) is 64.8 Å². The summed E-state index contributed by atoms with van der Waals surface area (Å²) in [6, 6.07) is 0.830. The van der Waals surface area contributed by atoms with Gasteiger partial charge in [-0.3, -0.25) is 0 Å². The second-order valence-electron chi connectivity index (χ2n) is 6.01. The largest absolute Gasteiger partial charge is 0.313 e. The molecule has 0 amide bonds. The number of rotatable bonds is 3.